The maximum atomic E-state index is 11.3. The molecule has 2 N–H and O–H groups in total. The van der Waals surface area contributed by atoms with Gasteiger partial charge in [-0.3, -0.25) is 9.59 Å². The Morgan fingerprint density at radius 2 is 0.871 bits per heavy atom. The molecule has 0 radical (unpaired) electrons. The van der Waals surface area contributed by atoms with E-state index in [1.165, 1.54) is 96.3 Å². The third-order valence-corrected chi connectivity index (χ3v) is 6.35. The second kappa shape index (κ2) is 25.2. The molecule has 4 nitrogen and oxygen atoms in total. The van der Waals surface area contributed by atoms with Gasteiger partial charge in [0.25, 0.3) is 0 Å². The van der Waals surface area contributed by atoms with Gasteiger partial charge in [0.2, 0.25) is 0 Å². The molecule has 0 bridgehead atoms. The minimum Gasteiger partial charge on any atom is -1.00 e. The van der Waals surface area contributed by atoms with Gasteiger partial charge in [-0.1, -0.05) is 136 Å². The van der Waals surface area contributed by atoms with Crippen LogP contribution in [0, 0.1) is 11.8 Å². The van der Waals surface area contributed by atoms with Crippen molar-refractivity contribution in [2.75, 3.05) is 0 Å². The number of unbranched alkanes of at least 4 members (excludes halogenated alkanes) is 15. The van der Waals surface area contributed by atoms with Crippen LogP contribution < -0.4 is 51.4 Å². The van der Waals surface area contributed by atoms with Crippen LogP contribution >= 0.6 is 0 Å². The van der Waals surface area contributed by atoms with E-state index in [0.29, 0.717) is 0 Å². The Morgan fingerprint density at radius 3 is 1.16 bits per heavy atom. The van der Waals surface area contributed by atoms with Crippen molar-refractivity contribution in [1.29, 1.82) is 0 Å². The Kier molecular flexibility index (Phi) is 27.4. The van der Waals surface area contributed by atoms with Crippen LogP contribution in [0.1, 0.15) is 144 Å². The van der Waals surface area contributed by atoms with Crippen molar-refractivity contribution in [1.82, 2.24) is 0 Å². The zero-order valence-electron chi connectivity index (χ0n) is 22.0. The summed E-state index contributed by atoms with van der Waals surface area (Å²) < 4.78 is 0. The monoisotopic (exact) mass is 466 g/mol. The maximum absolute atomic E-state index is 11.3. The molecule has 1 unspecified atom stereocenters. The molecule has 0 aromatic heterocycles. The van der Waals surface area contributed by atoms with Crippen LogP contribution in [-0.2, 0) is 9.59 Å². The molecule has 0 aliphatic rings. The Labute approximate surface area is 236 Å². The van der Waals surface area contributed by atoms with Crippen molar-refractivity contribution >= 4 is 11.9 Å². The van der Waals surface area contributed by atoms with E-state index in [2.05, 4.69) is 13.8 Å². The number of aliphatic carboxylic acids is 2. The van der Waals surface area contributed by atoms with Crippen molar-refractivity contribution in [3.8, 4) is 0 Å². The van der Waals surface area contributed by atoms with Crippen LogP contribution in [0.5, 0.6) is 0 Å². The first kappa shape index (κ1) is 33.7. The zero-order valence-corrected chi connectivity index (χ0v) is 24.1. The quantitative estimate of drug-likeness (QED) is 0.121. The average molecular weight is 467 g/mol. The maximum Gasteiger partial charge on any atom is 1.00 e. The summed E-state index contributed by atoms with van der Waals surface area (Å²) in [6.07, 6.45) is 23.8. The molecule has 0 spiro atoms. The second-order valence-electron chi connectivity index (χ2n) is 9.21. The number of rotatable bonds is 23. The summed E-state index contributed by atoms with van der Waals surface area (Å²) in [5.41, 5.74) is 0. The molecule has 0 aliphatic heterocycles. The molecule has 180 valence electrons. The summed E-state index contributed by atoms with van der Waals surface area (Å²) >= 11 is 0. The molecular weight excluding hydrogens is 415 g/mol. The van der Waals surface area contributed by atoms with Crippen LogP contribution in [0.4, 0.5) is 0 Å². The van der Waals surface area contributed by atoms with Gasteiger partial charge >= 0.3 is 63.3 Å². The number of carboxylic acids is 2. The minimum absolute atomic E-state index is 0. The number of hydrogen-bond acceptors (Lipinski definition) is 2. The van der Waals surface area contributed by atoms with Gasteiger partial charge in [0.1, 0.15) is 0 Å². The molecule has 0 aliphatic carbocycles. The average Bonchev–Trinajstić information content (AvgIpc) is 2.71. The molecule has 0 aromatic carbocycles. The summed E-state index contributed by atoms with van der Waals surface area (Å²) in [5.74, 6) is -3.39. The molecule has 0 saturated carbocycles. The molecule has 31 heavy (non-hydrogen) atoms. The topological polar surface area (TPSA) is 74.6 Å². The first-order valence-corrected chi connectivity index (χ1v) is 13.0. The Bertz CT molecular complexity index is 407. The fourth-order valence-electron chi connectivity index (χ4n) is 4.33. The molecule has 0 aromatic rings. The third-order valence-electron chi connectivity index (χ3n) is 6.35. The van der Waals surface area contributed by atoms with Crippen molar-refractivity contribution in [3.05, 3.63) is 0 Å². The molecule has 0 heterocycles. The minimum atomic E-state index is -1.25. The summed E-state index contributed by atoms with van der Waals surface area (Å²) in [7, 11) is 0. The van der Waals surface area contributed by atoms with Gasteiger partial charge in [0, 0.05) is 0 Å². The third kappa shape index (κ3) is 22.1. The number of carboxylic acid groups (broad SMARTS) is 2. The Balaban J connectivity index is -0.00000420. The van der Waals surface area contributed by atoms with E-state index >= 15 is 0 Å². The van der Waals surface area contributed by atoms with Crippen LogP contribution in [0.2, 0.25) is 0 Å². The van der Waals surface area contributed by atoms with E-state index in [9.17, 15) is 19.8 Å². The summed E-state index contributed by atoms with van der Waals surface area (Å²) in [6, 6.07) is 0. The van der Waals surface area contributed by atoms with Crippen LogP contribution in [0.3, 0.4) is 0 Å². The van der Waals surface area contributed by atoms with Crippen molar-refractivity contribution in [3.63, 3.8) is 0 Å². The van der Waals surface area contributed by atoms with E-state index in [1.807, 2.05) is 0 Å². The van der Waals surface area contributed by atoms with E-state index in [-0.39, 0.29) is 65.1 Å². The Hall–Kier alpha value is 0.576. The largest absolute Gasteiger partial charge is 1.00 e. The number of carbonyl (C=O) groups is 2. The van der Waals surface area contributed by atoms with E-state index < -0.39 is 17.9 Å². The Morgan fingerprint density at radius 1 is 0.581 bits per heavy atom. The van der Waals surface area contributed by atoms with Gasteiger partial charge in [-0.25, -0.2) is 0 Å². The molecule has 1 atom stereocenters. The van der Waals surface area contributed by atoms with E-state index in [4.69, 9.17) is 0 Å². The molecule has 0 rings (SSSR count). The molecule has 0 amide bonds. The first-order valence-electron chi connectivity index (χ1n) is 13.0. The van der Waals surface area contributed by atoms with Crippen LogP contribution in [0.15, 0.2) is 0 Å². The van der Waals surface area contributed by atoms with Gasteiger partial charge in [-0.15, -0.1) is 0 Å². The van der Waals surface area contributed by atoms with E-state index in [1.54, 1.807) is 0 Å². The van der Waals surface area contributed by atoms with Gasteiger partial charge in [-0.05, 0) is 12.3 Å². The number of hydrogen-bond donors (Lipinski definition) is 2. The van der Waals surface area contributed by atoms with Crippen LogP contribution in [0.25, 0.3) is 0 Å². The zero-order chi connectivity index (χ0) is 22.5. The SMILES string of the molecule is CCCCCCCCCCCCC(CCCCCCCCC)CC(C(=O)O)C(=O)O.[H-].[K+]. The fourth-order valence-corrected chi connectivity index (χ4v) is 4.33. The van der Waals surface area contributed by atoms with Gasteiger partial charge in [0.05, 0.1) is 0 Å². The standard InChI is InChI=1S/C26H50O4.K.H/c1-3-5-7-9-11-12-13-15-17-19-21-23(22-24(25(27)28)26(29)30)20-18-16-14-10-8-6-4-2;;/h23-24H,3-22H2,1-2H3,(H,27,28)(H,29,30);;/q;+1;-1. The summed E-state index contributed by atoms with van der Waals surface area (Å²) in [6.45, 7) is 4.47. The molecular formula is C26H51KO4. The van der Waals surface area contributed by atoms with Gasteiger partial charge in [-0.2, -0.15) is 0 Å². The van der Waals surface area contributed by atoms with E-state index in [0.717, 1.165) is 25.7 Å². The van der Waals surface area contributed by atoms with Crippen molar-refractivity contribution < 1.29 is 72.6 Å². The second-order valence-corrected chi connectivity index (χ2v) is 9.21. The normalized spacial score (nSPS) is 12.0. The van der Waals surface area contributed by atoms with Crippen molar-refractivity contribution in [2.24, 2.45) is 11.8 Å². The van der Waals surface area contributed by atoms with Gasteiger partial charge < -0.3 is 11.6 Å². The predicted octanol–water partition coefficient (Wildman–Crippen LogP) is 5.35. The molecule has 0 fully saturated rings. The predicted molar refractivity (Wildman–Crippen MR) is 127 cm³/mol. The van der Waals surface area contributed by atoms with Crippen molar-refractivity contribution in [2.45, 2.75) is 142 Å². The van der Waals surface area contributed by atoms with Crippen LogP contribution in [-0.4, -0.2) is 22.2 Å². The van der Waals surface area contributed by atoms with Gasteiger partial charge in [0.15, 0.2) is 5.92 Å². The summed E-state index contributed by atoms with van der Waals surface area (Å²) in [5, 5.41) is 18.5. The first-order chi connectivity index (χ1) is 14.5. The summed E-state index contributed by atoms with van der Waals surface area (Å²) in [4.78, 5) is 22.6. The molecule has 0 saturated heterocycles. The fraction of sp³-hybridized carbons (Fsp3) is 0.923. The smallest absolute Gasteiger partial charge is 1.00 e. The molecule has 5 heteroatoms.